The molecule has 1 fully saturated rings. The van der Waals surface area contributed by atoms with Crippen LogP contribution in [-0.4, -0.2) is 5.78 Å². The van der Waals surface area contributed by atoms with E-state index in [-0.39, 0.29) is 11.7 Å². The first kappa shape index (κ1) is 12.3. The highest BCUT2D eigenvalue weighted by Crippen LogP contribution is 2.22. The normalized spacial score (nSPS) is 17.3. The number of ketones is 1. The van der Waals surface area contributed by atoms with E-state index in [1.807, 2.05) is 0 Å². The van der Waals surface area contributed by atoms with Crippen molar-refractivity contribution in [2.24, 2.45) is 11.8 Å². The summed E-state index contributed by atoms with van der Waals surface area (Å²) in [6.07, 6.45) is 8.17. The zero-order chi connectivity index (χ0) is 11.1. The Balaban J connectivity index is 2.44. The average molecular weight is 206 g/mol. The lowest BCUT2D eigenvalue weighted by Gasteiger charge is -2.15. The Morgan fingerprint density at radius 1 is 1.20 bits per heavy atom. The number of carbonyl (C=O) groups excluding carboxylic acids is 1. The Bertz CT molecular complexity index is 246. The minimum absolute atomic E-state index is 0.158. The molecule has 0 amide bonds. The van der Waals surface area contributed by atoms with Crippen molar-refractivity contribution in [2.75, 3.05) is 0 Å². The summed E-state index contributed by atoms with van der Waals surface area (Å²) in [6.45, 7) is 4.13. The van der Waals surface area contributed by atoms with Crippen LogP contribution in [0.2, 0.25) is 0 Å². The van der Waals surface area contributed by atoms with E-state index >= 15 is 0 Å². The molecule has 1 heteroatoms. The van der Waals surface area contributed by atoms with E-state index in [0.29, 0.717) is 5.92 Å². The van der Waals surface area contributed by atoms with Gasteiger partial charge >= 0.3 is 0 Å². The molecule has 0 bridgehead atoms. The van der Waals surface area contributed by atoms with Gasteiger partial charge in [0, 0.05) is 11.8 Å². The van der Waals surface area contributed by atoms with Gasteiger partial charge in [-0.3, -0.25) is 4.79 Å². The largest absolute Gasteiger partial charge is 0.285 e. The zero-order valence-corrected chi connectivity index (χ0v) is 10.0. The fraction of sp³-hybridized carbons (Fsp3) is 0.786. The molecule has 84 valence electrons. The van der Waals surface area contributed by atoms with Crippen LogP contribution < -0.4 is 0 Å². The van der Waals surface area contributed by atoms with Gasteiger partial charge in [-0.1, -0.05) is 39.0 Å². The standard InChI is InChI=1S/C14H22O/c1-3-13(4-2)14(15)11-10-12-8-6-5-7-9-12/h12-13H,3-9H2,1-2H3. The average Bonchev–Trinajstić information content (AvgIpc) is 2.29. The molecule has 1 saturated carbocycles. The fourth-order valence-corrected chi connectivity index (χ4v) is 2.18. The number of hydrogen-bond donors (Lipinski definition) is 0. The Hall–Kier alpha value is -0.770. The van der Waals surface area contributed by atoms with Crippen LogP contribution in [0.3, 0.4) is 0 Å². The molecule has 1 aliphatic rings. The van der Waals surface area contributed by atoms with Crippen molar-refractivity contribution in [1.82, 2.24) is 0 Å². The molecule has 15 heavy (non-hydrogen) atoms. The minimum Gasteiger partial charge on any atom is -0.285 e. The van der Waals surface area contributed by atoms with Gasteiger partial charge in [0.25, 0.3) is 0 Å². The van der Waals surface area contributed by atoms with Crippen molar-refractivity contribution in [3.63, 3.8) is 0 Å². The first-order valence-corrected chi connectivity index (χ1v) is 6.33. The molecule has 0 heterocycles. The number of hydrogen-bond acceptors (Lipinski definition) is 1. The van der Waals surface area contributed by atoms with Crippen LogP contribution in [0.1, 0.15) is 58.8 Å². The SMILES string of the molecule is CCC(CC)C(=O)C#CC1CCCCC1. The van der Waals surface area contributed by atoms with Gasteiger partial charge in [0.15, 0.2) is 0 Å². The maximum atomic E-state index is 11.7. The van der Waals surface area contributed by atoms with Gasteiger partial charge in [-0.05, 0) is 31.6 Å². The topological polar surface area (TPSA) is 17.1 Å². The lowest BCUT2D eigenvalue weighted by molar-refractivity contribution is -0.117. The summed E-state index contributed by atoms with van der Waals surface area (Å²) in [5, 5.41) is 0. The Morgan fingerprint density at radius 2 is 1.80 bits per heavy atom. The number of carbonyl (C=O) groups is 1. The molecule has 0 aromatic rings. The number of Topliss-reactive ketones (excluding diaryl/α,β-unsaturated/α-hetero) is 1. The third-order valence-electron chi connectivity index (χ3n) is 3.36. The molecule has 0 atom stereocenters. The third-order valence-corrected chi connectivity index (χ3v) is 3.36. The predicted molar refractivity (Wildman–Crippen MR) is 63.4 cm³/mol. The molecule has 1 rings (SSSR count). The molecule has 0 aromatic carbocycles. The van der Waals surface area contributed by atoms with Gasteiger partial charge in [-0.2, -0.15) is 0 Å². The van der Waals surface area contributed by atoms with Gasteiger partial charge in [0.05, 0.1) is 0 Å². The van der Waals surface area contributed by atoms with E-state index in [1.165, 1.54) is 32.1 Å². The summed E-state index contributed by atoms with van der Waals surface area (Å²) in [5.74, 6) is 6.86. The quantitative estimate of drug-likeness (QED) is 0.509. The summed E-state index contributed by atoms with van der Waals surface area (Å²) < 4.78 is 0. The molecule has 1 nitrogen and oxygen atoms in total. The van der Waals surface area contributed by atoms with Crippen molar-refractivity contribution >= 4 is 5.78 Å². The maximum absolute atomic E-state index is 11.7. The molecule has 1 aliphatic carbocycles. The van der Waals surface area contributed by atoms with Crippen molar-refractivity contribution in [3.8, 4) is 11.8 Å². The lowest BCUT2D eigenvalue weighted by Crippen LogP contribution is -2.11. The Morgan fingerprint density at radius 3 is 2.33 bits per heavy atom. The molecule has 0 aliphatic heterocycles. The van der Waals surface area contributed by atoms with Crippen LogP contribution in [0, 0.1) is 23.7 Å². The Kier molecular flexibility index (Phi) is 5.47. The third kappa shape index (κ3) is 4.08. The highest BCUT2D eigenvalue weighted by atomic mass is 16.1. The maximum Gasteiger partial charge on any atom is 0.208 e. The first-order chi connectivity index (χ1) is 7.27. The molecule has 0 radical (unpaired) electrons. The van der Waals surface area contributed by atoms with Gasteiger partial charge in [0.1, 0.15) is 0 Å². The van der Waals surface area contributed by atoms with Crippen LogP contribution in [-0.2, 0) is 4.79 Å². The van der Waals surface area contributed by atoms with Gasteiger partial charge in [0.2, 0.25) is 5.78 Å². The van der Waals surface area contributed by atoms with Crippen LogP contribution >= 0.6 is 0 Å². The van der Waals surface area contributed by atoms with E-state index in [9.17, 15) is 4.79 Å². The van der Waals surface area contributed by atoms with E-state index in [4.69, 9.17) is 0 Å². The van der Waals surface area contributed by atoms with Crippen LogP contribution in [0.4, 0.5) is 0 Å². The molecule has 0 saturated heterocycles. The predicted octanol–water partition coefficient (Wildman–Crippen LogP) is 3.58. The van der Waals surface area contributed by atoms with E-state index in [1.54, 1.807) is 0 Å². The second-order valence-corrected chi connectivity index (χ2v) is 4.48. The van der Waals surface area contributed by atoms with Gasteiger partial charge < -0.3 is 0 Å². The van der Waals surface area contributed by atoms with E-state index in [2.05, 4.69) is 25.7 Å². The monoisotopic (exact) mass is 206 g/mol. The van der Waals surface area contributed by atoms with Crippen LogP contribution in [0.15, 0.2) is 0 Å². The molecule has 0 unspecified atom stereocenters. The van der Waals surface area contributed by atoms with Crippen molar-refractivity contribution in [3.05, 3.63) is 0 Å². The molecular weight excluding hydrogens is 184 g/mol. The fourth-order valence-electron chi connectivity index (χ4n) is 2.18. The second kappa shape index (κ2) is 6.67. The molecule has 0 aromatic heterocycles. The van der Waals surface area contributed by atoms with Crippen molar-refractivity contribution in [2.45, 2.75) is 58.8 Å². The lowest BCUT2D eigenvalue weighted by atomic mass is 9.89. The number of rotatable bonds is 3. The minimum atomic E-state index is 0.158. The Labute approximate surface area is 93.6 Å². The van der Waals surface area contributed by atoms with Gasteiger partial charge in [-0.15, -0.1) is 0 Å². The van der Waals surface area contributed by atoms with E-state index in [0.717, 1.165) is 12.8 Å². The highest BCUT2D eigenvalue weighted by molar-refractivity contribution is 5.97. The smallest absolute Gasteiger partial charge is 0.208 e. The zero-order valence-electron chi connectivity index (χ0n) is 10.0. The molecule has 0 N–H and O–H groups in total. The van der Waals surface area contributed by atoms with Crippen molar-refractivity contribution in [1.29, 1.82) is 0 Å². The highest BCUT2D eigenvalue weighted by Gasteiger charge is 2.13. The first-order valence-electron chi connectivity index (χ1n) is 6.33. The summed E-state index contributed by atoms with van der Waals surface area (Å²) in [6, 6.07) is 0. The van der Waals surface area contributed by atoms with Crippen LogP contribution in [0.25, 0.3) is 0 Å². The molecular formula is C14H22O. The van der Waals surface area contributed by atoms with Crippen LogP contribution in [0.5, 0.6) is 0 Å². The summed E-state index contributed by atoms with van der Waals surface area (Å²) in [7, 11) is 0. The van der Waals surface area contributed by atoms with E-state index < -0.39 is 0 Å². The summed E-state index contributed by atoms with van der Waals surface area (Å²) in [5.41, 5.74) is 0. The second-order valence-electron chi connectivity index (χ2n) is 4.48. The molecule has 0 spiro atoms. The van der Waals surface area contributed by atoms with Gasteiger partial charge in [-0.25, -0.2) is 0 Å². The summed E-state index contributed by atoms with van der Waals surface area (Å²) in [4.78, 5) is 11.7. The van der Waals surface area contributed by atoms with Crippen molar-refractivity contribution < 1.29 is 4.79 Å². The summed E-state index contributed by atoms with van der Waals surface area (Å²) >= 11 is 0.